The number of nitrogens with one attached hydrogen (secondary N) is 1. The topological polar surface area (TPSA) is 132 Å². The normalized spacial score (nSPS) is 24.5. The van der Waals surface area contributed by atoms with Crippen molar-refractivity contribution in [3.63, 3.8) is 0 Å². The van der Waals surface area contributed by atoms with Crippen LogP contribution in [0.3, 0.4) is 0 Å². The van der Waals surface area contributed by atoms with Crippen LogP contribution in [-0.2, 0) is 9.59 Å². The molecule has 2 amide bonds. The monoisotopic (exact) mass is 351 g/mol. The molecule has 1 saturated heterocycles. The second-order valence-corrected chi connectivity index (χ2v) is 6.69. The van der Waals surface area contributed by atoms with Gasteiger partial charge < -0.3 is 21.1 Å². The van der Waals surface area contributed by atoms with Crippen molar-refractivity contribution in [2.24, 2.45) is 11.8 Å². The smallest absolute Gasteiger partial charge is 0.255 e. The summed E-state index contributed by atoms with van der Waals surface area (Å²) < 4.78 is 0. The van der Waals surface area contributed by atoms with E-state index in [4.69, 9.17) is 11.0 Å². The lowest BCUT2D eigenvalue weighted by Gasteiger charge is -2.18. The van der Waals surface area contributed by atoms with E-state index in [9.17, 15) is 14.7 Å². The lowest BCUT2D eigenvalue weighted by molar-refractivity contribution is -0.124. The molecule has 4 rings (SSSR count). The number of hydrogen-bond acceptors (Lipinski definition) is 6. The number of aromatic nitrogens is 1. The number of anilines is 3. The third-order valence-electron chi connectivity index (χ3n) is 4.89. The van der Waals surface area contributed by atoms with Crippen LogP contribution in [0.5, 0.6) is 0 Å². The van der Waals surface area contributed by atoms with Gasteiger partial charge in [0.05, 0.1) is 17.9 Å². The summed E-state index contributed by atoms with van der Waals surface area (Å²) in [4.78, 5) is 29.8. The van der Waals surface area contributed by atoms with Gasteiger partial charge in [-0.1, -0.05) is 0 Å². The van der Waals surface area contributed by atoms with Crippen LogP contribution < -0.4 is 16.0 Å². The Balaban J connectivity index is 1.63. The molecule has 132 valence electrons. The van der Waals surface area contributed by atoms with E-state index < -0.39 is 6.10 Å². The largest absolute Gasteiger partial charge is 0.398 e. The standard InChI is InChI=1S/C18H17N5O3/c19-7-10-4-12(10)17(25)22-16-5-9-3-11(6-14(20)13(9)8-21-16)23-2-1-15(24)18(23)26/h3,5-6,8,10,12,15,24H,1-2,4,20H2,(H,21,22,25)/t10-,12+,15+/m1/s1. The van der Waals surface area contributed by atoms with Crippen molar-refractivity contribution in [2.45, 2.75) is 18.9 Å². The van der Waals surface area contributed by atoms with Crippen molar-refractivity contribution in [1.29, 1.82) is 5.26 Å². The predicted molar refractivity (Wildman–Crippen MR) is 95.0 cm³/mol. The van der Waals surface area contributed by atoms with Crippen molar-refractivity contribution in [2.75, 3.05) is 22.5 Å². The number of fused-ring (bicyclic) bond motifs is 1. The van der Waals surface area contributed by atoms with Crippen molar-refractivity contribution < 1.29 is 14.7 Å². The van der Waals surface area contributed by atoms with Gasteiger partial charge in [0.2, 0.25) is 5.91 Å². The summed E-state index contributed by atoms with van der Waals surface area (Å²) in [6.45, 7) is 0.427. The fourth-order valence-corrected chi connectivity index (χ4v) is 3.26. The van der Waals surface area contributed by atoms with Crippen LogP contribution in [0.1, 0.15) is 12.8 Å². The Morgan fingerprint density at radius 2 is 2.23 bits per heavy atom. The molecule has 1 aliphatic carbocycles. The average Bonchev–Trinajstić information content (AvgIpc) is 3.34. The first kappa shape index (κ1) is 16.3. The summed E-state index contributed by atoms with van der Waals surface area (Å²) in [5.74, 6) is -0.689. The Morgan fingerprint density at radius 3 is 2.88 bits per heavy atom. The van der Waals surface area contributed by atoms with Gasteiger partial charge in [0.1, 0.15) is 11.9 Å². The minimum atomic E-state index is -0.981. The lowest BCUT2D eigenvalue weighted by Crippen LogP contribution is -2.29. The quantitative estimate of drug-likeness (QED) is 0.707. The highest BCUT2D eigenvalue weighted by atomic mass is 16.3. The molecular weight excluding hydrogens is 334 g/mol. The molecule has 0 spiro atoms. The molecule has 1 aromatic heterocycles. The van der Waals surface area contributed by atoms with E-state index in [-0.39, 0.29) is 23.7 Å². The fraction of sp³-hybridized carbons (Fsp3) is 0.333. The number of nitrogen functional groups attached to an aromatic ring is 1. The van der Waals surface area contributed by atoms with Crippen LogP contribution in [0.2, 0.25) is 0 Å². The number of amides is 2. The van der Waals surface area contributed by atoms with E-state index >= 15 is 0 Å². The minimum Gasteiger partial charge on any atom is -0.398 e. The number of carbonyl (C=O) groups excluding carboxylic acids is 2. The molecule has 1 aliphatic heterocycles. The Bertz CT molecular complexity index is 967. The number of nitrogens with two attached hydrogens (primary N) is 1. The maximum atomic E-state index is 12.1. The van der Waals surface area contributed by atoms with E-state index in [2.05, 4.69) is 16.4 Å². The van der Waals surface area contributed by atoms with Crippen LogP contribution >= 0.6 is 0 Å². The number of nitriles is 1. The number of rotatable bonds is 3. The molecule has 2 aromatic rings. The van der Waals surface area contributed by atoms with Gasteiger partial charge >= 0.3 is 0 Å². The second kappa shape index (κ2) is 5.97. The van der Waals surface area contributed by atoms with E-state index in [1.807, 2.05) is 0 Å². The van der Waals surface area contributed by atoms with Gasteiger partial charge in [0, 0.05) is 35.9 Å². The van der Waals surface area contributed by atoms with Gasteiger partial charge in [-0.05, 0) is 30.0 Å². The molecule has 2 aliphatic rings. The molecule has 8 heteroatoms. The van der Waals surface area contributed by atoms with Gasteiger partial charge in [-0.15, -0.1) is 0 Å². The third kappa shape index (κ3) is 2.72. The van der Waals surface area contributed by atoms with Crippen molar-refractivity contribution in [1.82, 2.24) is 4.98 Å². The maximum Gasteiger partial charge on any atom is 0.255 e. The van der Waals surface area contributed by atoms with Crippen molar-refractivity contribution in [3.05, 3.63) is 24.4 Å². The average molecular weight is 351 g/mol. The summed E-state index contributed by atoms with van der Waals surface area (Å²) in [6.07, 6.45) is 1.55. The van der Waals surface area contributed by atoms with E-state index in [1.54, 1.807) is 24.4 Å². The predicted octanol–water partition coefficient (Wildman–Crippen LogP) is 1.01. The first-order valence-electron chi connectivity index (χ1n) is 8.37. The maximum absolute atomic E-state index is 12.1. The molecule has 8 nitrogen and oxygen atoms in total. The highest BCUT2D eigenvalue weighted by Gasteiger charge is 2.43. The molecule has 26 heavy (non-hydrogen) atoms. The van der Waals surface area contributed by atoms with Crippen LogP contribution in [0.15, 0.2) is 24.4 Å². The van der Waals surface area contributed by atoms with Crippen LogP contribution in [0, 0.1) is 23.2 Å². The molecule has 3 atom stereocenters. The van der Waals surface area contributed by atoms with E-state index in [1.165, 1.54) is 4.90 Å². The zero-order valence-corrected chi connectivity index (χ0v) is 13.8. The van der Waals surface area contributed by atoms with Crippen LogP contribution in [0.4, 0.5) is 17.2 Å². The molecule has 1 aromatic carbocycles. The summed E-state index contributed by atoms with van der Waals surface area (Å²) in [5, 5.41) is 22.6. The Labute approximate surface area is 149 Å². The second-order valence-electron chi connectivity index (χ2n) is 6.69. The summed E-state index contributed by atoms with van der Waals surface area (Å²) in [5.41, 5.74) is 7.15. The molecule has 2 heterocycles. The molecular formula is C18H17N5O3. The summed E-state index contributed by atoms with van der Waals surface area (Å²) in [6, 6.07) is 7.24. The van der Waals surface area contributed by atoms with Gasteiger partial charge in [-0.25, -0.2) is 4.98 Å². The fourth-order valence-electron chi connectivity index (χ4n) is 3.26. The zero-order chi connectivity index (χ0) is 18.4. The number of benzene rings is 1. The lowest BCUT2D eigenvalue weighted by atomic mass is 10.1. The van der Waals surface area contributed by atoms with Gasteiger partial charge in [0.15, 0.2) is 0 Å². The van der Waals surface area contributed by atoms with E-state index in [0.717, 1.165) is 5.39 Å². The Hall–Kier alpha value is -3.18. The van der Waals surface area contributed by atoms with Gasteiger partial charge in [-0.3, -0.25) is 9.59 Å². The number of hydrogen-bond donors (Lipinski definition) is 3. The molecule has 4 N–H and O–H groups in total. The highest BCUT2D eigenvalue weighted by Crippen LogP contribution is 2.38. The van der Waals surface area contributed by atoms with Gasteiger partial charge in [-0.2, -0.15) is 5.26 Å². The molecule has 2 fully saturated rings. The Kier molecular flexibility index (Phi) is 3.74. The molecule has 0 unspecified atom stereocenters. The van der Waals surface area contributed by atoms with Gasteiger partial charge in [0.25, 0.3) is 5.91 Å². The summed E-state index contributed by atoms with van der Waals surface area (Å²) in [7, 11) is 0. The first-order valence-corrected chi connectivity index (χ1v) is 8.37. The number of nitrogens with zero attached hydrogens (tertiary/aromatic N) is 3. The number of pyridine rings is 1. The SMILES string of the molecule is N#C[C@H]1C[C@@H]1C(=O)Nc1cc2cc(N3CC[C@H](O)C3=O)cc(N)c2cn1. The molecule has 1 saturated carbocycles. The minimum absolute atomic E-state index is 0.217. The summed E-state index contributed by atoms with van der Waals surface area (Å²) >= 11 is 0. The molecule has 0 radical (unpaired) electrons. The van der Waals surface area contributed by atoms with Crippen molar-refractivity contribution in [3.8, 4) is 6.07 Å². The van der Waals surface area contributed by atoms with Crippen LogP contribution in [-0.4, -0.2) is 34.6 Å². The molecule has 0 bridgehead atoms. The Morgan fingerprint density at radius 1 is 1.42 bits per heavy atom. The first-order chi connectivity index (χ1) is 12.5. The van der Waals surface area contributed by atoms with Crippen molar-refractivity contribution >= 4 is 39.8 Å². The third-order valence-corrected chi connectivity index (χ3v) is 4.89. The number of aliphatic hydroxyl groups excluding tert-OH is 1. The van der Waals surface area contributed by atoms with Crippen LogP contribution in [0.25, 0.3) is 10.8 Å². The highest BCUT2D eigenvalue weighted by molar-refractivity contribution is 6.04. The number of aliphatic hydroxyl groups is 1. The zero-order valence-electron chi connectivity index (χ0n) is 13.8. The van der Waals surface area contributed by atoms with E-state index in [0.29, 0.717) is 42.0 Å². The number of carbonyl (C=O) groups is 2.